The second-order valence-corrected chi connectivity index (χ2v) is 7.22. The second-order valence-electron chi connectivity index (χ2n) is 6.27. The molecule has 4 N–H and O–H groups in total. The Morgan fingerprint density at radius 3 is 2.37 bits per heavy atom. The molecule has 0 bridgehead atoms. The molecule has 0 fully saturated rings. The summed E-state index contributed by atoms with van der Waals surface area (Å²) in [5.41, 5.74) is 7.10. The monoisotopic (exact) mass is 424 g/mol. The fraction of sp³-hybridized carbons (Fsp3) is 0.150. The van der Waals surface area contributed by atoms with Crippen LogP contribution in [0.5, 0.6) is 0 Å². The summed E-state index contributed by atoms with van der Waals surface area (Å²) in [5, 5.41) is 9.98. The normalized spacial score (nSPS) is 10.3. The van der Waals surface area contributed by atoms with Crippen molar-refractivity contribution in [2.75, 3.05) is 11.1 Å². The van der Waals surface area contributed by atoms with Crippen LogP contribution in [0, 0.1) is 0 Å². The van der Waals surface area contributed by atoms with Gasteiger partial charge in [-0.1, -0.05) is 42.1 Å². The van der Waals surface area contributed by atoms with E-state index in [4.69, 9.17) is 0 Å². The Hall–Kier alpha value is -3.66. The quantitative estimate of drug-likeness (QED) is 0.339. The number of hydrogen-bond donors (Lipinski definition) is 4. The summed E-state index contributed by atoms with van der Waals surface area (Å²) in [5.74, 6) is -0.223. The molecule has 1 heterocycles. The number of carbonyl (C=O) groups is 3. The van der Waals surface area contributed by atoms with E-state index in [1.54, 1.807) is 24.3 Å². The molecule has 0 spiro atoms. The van der Waals surface area contributed by atoms with Crippen LogP contribution in [0.3, 0.4) is 0 Å². The molecule has 3 aromatic rings. The molecule has 30 heavy (non-hydrogen) atoms. The standard InChI is InChI=1S/C20H20N6O3S/c1-13(27)21-16-9-7-15(8-10-16)19-22-20(26-25-19)30-12-18(29)24-23-17(28)11-14-5-3-2-4-6-14/h2-10H,11-12H2,1H3,(H,21,27)(H,23,28)(H,24,29)(H,22,25,26). The lowest BCUT2D eigenvalue weighted by molar-refractivity contribution is -0.127. The van der Waals surface area contributed by atoms with E-state index in [-0.39, 0.29) is 29.9 Å². The van der Waals surface area contributed by atoms with Gasteiger partial charge in [0.2, 0.25) is 22.9 Å². The highest BCUT2D eigenvalue weighted by Gasteiger charge is 2.10. The van der Waals surface area contributed by atoms with Gasteiger partial charge in [-0.25, -0.2) is 4.98 Å². The number of H-pyrrole nitrogens is 1. The molecular formula is C20H20N6O3S. The Kier molecular flexibility index (Phi) is 7.17. The molecule has 3 rings (SSSR count). The first-order valence-electron chi connectivity index (χ1n) is 9.04. The van der Waals surface area contributed by atoms with Crippen LogP contribution in [0.1, 0.15) is 12.5 Å². The molecule has 0 atom stereocenters. The first-order valence-corrected chi connectivity index (χ1v) is 10.0. The molecule has 154 valence electrons. The zero-order valence-corrected chi connectivity index (χ0v) is 17.0. The highest BCUT2D eigenvalue weighted by molar-refractivity contribution is 7.99. The van der Waals surface area contributed by atoms with Crippen molar-refractivity contribution in [2.24, 2.45) is 0 Å². The molecule has 10 heteroatoms. The van der Waals surface area contributed by atoms with Gasteiger partial charge in [0.1, 0.15) is 0 Å². The van der Waals surface area contributed by atoms with Gasteiger partial charge in [0.15, 0.2) is 5.82 Å². The zero-order valence-electron chi connectivity index (χ0n) is 16.1. The van der Waals surface area contributed by atoms with E-state index in [0.29, 0.717) is 16.7 Å². The summed E-state index contributed by atoms with van der Waals surface area (Å²) in [6.07, 6.45) is 0.180. The van der Waals surface area contributed by atoms with Crippen LogP contribution in [-0.2, 0) is 20.8 Å². The van der Waals surface area contributed by atoms with Crippen molar-refractivity contribution < 1.29 is 14.4 Å². The van der Waals surface area contributed by atoms with Gasteiger partial charge in [0.05, 0.1) is 12.2 Å². The third-order valence-electron chi connectivity index (χ3n) is 3.82. The van der Waals surface area contributed by atoms with Gasteiger partial charge in [-0.2, -0.15) is 0 Å². The summed E-state index contributed by atoms with van der Waals surface area (Å²) in [7, 11) is 0. The minimum absolute atomic E-state index is 0.0460. The number of hydrogen-bond acceptors (Lipinski definition) is 6. The maximum absolute atomic E-state index is 11.9. The molecule has 0 saturated carbocycles. The number of anilines is 1. The molecule has 0 aliphatic carbocycles. The van der Waals surface area contributed by atoms with Gasteiger partial charge in [-0.15, -0.1) is 5.10 Å². The number of hydrazine groups is 1. The van der Waals surface area contributed by atoms with Crippen molar-refractivity contribution in [2.45, 2.75) is 18.5 Å². The number of aromatic amines is 1. The van der Waals surface area contributed by atoms with Crippen molar-refractivity contribution in [3.05, 3.63) is 60.2 Å². The van der Waals surface area contributed by atoms with E-state index in [9.17, 15) is 14.4 Å². The van der Waals surface area contributed by atoms with E-state index in [1.165, 1.54) is 6.92 Å². The van der Waals surface area contributed by atoms with Crippen molar-refractivity contribution in [1.82, 2.24) is 26.0 Å². The molecule has 9 nitrogen and oxygen atoms in total. The lowest BCUT2D eigenvalue weighted by Crippen LogP contribution is -2.43. The van der Waals surface area contributed by atoms with E-state index < -0.39 is 0 Å². The summed E-state index contributed by atoms with van der Waals surface area (Å²) in [6.45, 7) is 1.44. The maximum atomic E-state index is 11.9. The number of benzene rings is 2. The van der Waals surface area contributed by atoms with Crippen LogP contribution in [0.15, 0.2) is 59.8 Å². The predicted molar refractivity (Wildman–Crippen MR) is 113 cm³/mol. The second kappa shape index (κ2) is 10.2. The van der Waals surface area contributed by atoms with Gasteiger partial charge >= 0.3 is 0 Å². The molecule has 0 saturated heterocycles. The average molecular weight is 424 g/mol. The SMILES string of the molecule is CC(=O)Nc1ccc(-c2nc(SCC(=O)NNC(=O)Cc3ccccc3)n[nH]2)cc1. The Morgan fingerprint density at radius 1 is 0.967 bits per heavy atom. The Bertz CT molecular complexity index is 1020. The van der Waals surface area contributed by atoms with Crippen LogP contribution in [0.25, 0.3) is 11.4 Å². The molecule has 0 radical (unpaired) electrons. The van der Waals surface area contributed by atoms with Gasteiger partial charge in [0, 0.05) is 18.2 Å². The predicted octanol–water partition coefficient (Wildman–Crippen LogP) is 1.91. The van der Waals surface area contributed by atoms with E-state index in [1.807, 2.05) is 30.3 Å². The molecule has 1 aromatic heterocycles. The molecule has 0 unspecified atom stereocenters. The summed E-state index contributed by atoms with van der Waals surface area (Å²) < 4.78 is 0. The Balaban J connectivity index is 1.44. The Morgan fingerprint density at radius 2 is 1.67 bits per heavy atom. The van der Waals surface area contributed by atoms with Gasteiger partial charge in [0.25, 0.3) is 0 Å². The van der Waals surface area contributed by atoms with Gasteiger partial charge < -0.3 is 5.32 Å². The van der Waals surface area contributed by atoms with Gasteiger partial charge in [-0.05, 0) is 29.8 Å². The minimum atomic E-state index is -0.368. The number of nitrogens with zero attached hydrogens (tertiary/aromatic N) is 2. The van der Waals surface area contributed by atoms with Gasteiger partial charge in [-0.3, -0.25) is 30.3 Å². The van der Waals surface area contributed by atoms with Crippen LogP contribution in [-0.4, -0.2) is 38.7 Å². The number of amides is 3. The molecule has 3 amide bonds. The fourth-order valence-electron chi connectivity index (χ4n) is 2.49. The zero-order chi connectivity index (χ0) is 21.3. The molecule has 0 aliphatic rings. The lowest BCUT2D eigenvalue weighted by Gasteiger charge is -2.06. The largest absolute Gasteiger partial charge is 0.326 e. The van der Waals surface area contributed by atoms with E-state index in [2.05, 4.69) is 31.3 Å². The molecule has 0 aliphatic heterocycles. The highest BCUT2D eigenvalue weighted by atomic mass is 32.2. The number of rotatable bonds is 7. The van der Waals surface area contributed by atoms with Crippen LogP contribution in [0.2, 0.25) is 0 Å². The number of nitrogens with one attached hydrogen (secondary N) is 4. The van der Waals surface area contributed by atoms with Crippen molar-refractivity contribution in [3.8, 4) is 11.4 Å². The third-order valence-corrected chi connectivity index (χ3v) is 4.67. The topological polar surface area (TPSA) is 129 Å². The highest BCUT2D eigenvalue weighted by Crippen LogP contribution is 2.20. The van der Waals surface area contributed by atoms with E-state index in [0.717, 1.165) is 22.9 Å². The number of aromatic nitrogens is 3. The van der Waals surface area contributed by atoms with Crippen LogP contribution < -0.4 is 16.2 Å². The smallest absolute Gasteiger partial charge is 0.248 e. The fourth-order valence-corrected chi connectivity index (χ4v) is 3.08. The number of thioether (sulfide) groups is 1. The summed E-state index contributed by atoms with van der Waals surface area (Å²) in [4.78, 5) is 39.2. The van der Waals surface area contributed by atoms with Crippen molar-refractivity contribution >= 4 is 35.2 Å². The Labute approximate surface area is 177 Å². The lowest BCUT2D eigenvalue weighted by atomic mass is 10.1. The van der Waals surface area contributed by atoms with Crippen molar-refractivity contribution in [1.29, 1.82) is 0 Å². The minimum Gasteiger partial charge on any atom is -0.326 e. The first-order chi connectivity index (χ1) is 14.5. The third kappa shape index (κ3) is 6.45. The van der Waals surface area contributed by atoms with E-state index >= 15 is 0 Å². The molecular weight excluding hydrogens is 404 g/mol. The van der Waals surface area contributed by atoms with Crippen LogP contribution in [0.4, 0.5) is 5.69 Å². The van der Waals surface area contributed by atoms with Crippen molar-refractivity contribution in [3.63, 3.8) is 0 Å². The van der Waals surface area contributed by atoms with Crippen LogP contribution >= 0.6 is 11.8 Å². The maximum Gasteiger partial charge on any atom is 0.248 e. The average Bonchev–Trinajstić information content (AvgIpc) is 3.21. The number of carbonyl (C=O) groups excluding carboxylic acids is 3. The summed E-state index contributed by atoms with van der Waals surface area (Å²) in [6, 6.07) is 16.4. The molecule has 2 aromatic carbocycles. The first kappa shape index (κ1) is 21.1. The summed E-state index contributed by atoms with van der Waals surface area (Å²) >= 11 is 1.14.